The maximum Gasteiger partial charge on any atom is 0.255 e. The van der Waals surface area contributed by atoms with E-state index in [2.05, 4.69) is 25.4 Å². The lowest BCUT2D eigenvalue weighted by atomic mass is 10.1. The monoisotopic (exact) mass is 418 g/mol. The predicted molar refractivity (Wildman–Crippen MR) is 111 cm³/mol. The van der Waals surface area contributed by atoms with E-state index in [9.17, 15) is 9.18 Å². The molecule has 1 amide bonds. The van der Waals surface area contributed by atoms with Gasteiger partial charge in [-0.15, -0.1) is 0 Å². The molecule has 8 nitrogen and oxygen atoms in total. The fourth-order valence-corrected chi connectivity index (χ4v) is 3.06. The number of pyridine rings is 1. The summed E-state index contributed by atoms with van der Waals surface area (Å²) in [6.07, 6.45) is 6.31. The summed E-state index contributed by atoms with van der Waals surface area (Å²) in [6.45, 7) is 0.437. The first-order valence-corrected chi connectivity index (χ1v) is 9.48. The molecule has 1 N–H and O–H groups in total. The van der Waals surface area contributed by atoms with Crippen molar-refractivity contribution in [3.05, 3.63) is 89.9 Å². The van der Waals surface area contributed by atoms with E-state index in [1.54, 1.807) is 42.7 Å². The number of methoxy groups -OCH3 is 1. The van der Waals surface area contributed by atoms with Crippen molar-refractivity contribution in [2.24, 2.45) is 0 Å². The van der Waals surface area contributed by atoms with Crippen molar-refractivity contribution in [2.75, 3.05) is 7.11 Å². The van der Waals surface area contributed by atoms with Gasteiger partial charge < -0.3 is 10.1 Å². The van der Waals surface area contributed by atoms with Crippen LogP contribution in [0.4, 0.5) is 4.39 Å². The highest BCUT2D eigenvalue weighted by Gasteiger charge is 2.20. The number of halogens is 1. The molecule has 4 aromatic rings. The van der Waals surface area contributed by atoms with Gasteiger partial charge in [0.15, 0.2) is 0 Å². The quantitative estimate of drug-likeness (QED) is 0.496. The Balaban J connectivity index is 1.64. The Morgan fingerprint density at radius 3 is 2.77 bits per heavy atom. The van der Waals surface area contributed by atoms with Crippen molar-refractivity contribution in [3.8, 4) is 17.2 Å². The lowest BCUT2D eigenvalue weighted by Crippen LogP contribution is -2.24. The number of amides is 1. The van der Waals surface area contributed by atoms with E-state index in [4.69, 9.17) is 4.74 Å². The van der Waals surface area contributed by atoms with Crippen molar-refractivity contribution in [3.63, 3.8) is 0 Å². The molecule has 1 aromatic carbocycles. The molecule has 0 aliphatic heterocycles. The van der Waals surface area contributed by atoms with E-state index < -0.39 is 0 Å². The Hall–Kier alpha value is -3.98. The molecule has 0 fully saturated rings. The van der Waals surface area contributed by atoms with E-state index in [1.807, 2.05) is 6.07 Å². The van der Waals surface area contributed by atoms with Crippen molar-refractivity contribution < 1.29 is 13.9 Å². The summed E-state index contributed by atoms with van der Waals surface area (Å²) in [5, 5.41) is 7.13. The van der Waals surface area contributed by atoms with Crippen LogP contribution < -0.4 is 5.32 Å². The largest absolute Gasteiger partial charge is 0.378 e. The predicted octanol–water partition coefficient (Wildman–Crippen LogP) is 2.94. The van der Waals surface area contributed by atoms with Crippen LogP contribution in [0.15, 0.2) is 67.3 Å². The van der Waals surface area contributed by atoms with Crippen LogP contribution in [0.3, 0.4) is 0 Å². The SMILES string of the molecule is COCc1c(C(=O)NCc2cccnc2)cnn1-c1nccc(-c2ccccc2F)n1. The lowest BCUT2D eigenvalue weighted by Gasteiger charge is -2.10. The zero-order chi connectivity index (χ0) is 21.6. The molecule has 0 aliphatic carbocycles. The normalized spacial score (nSPS) is 10.8. The van der Waals surface area contributed by atoms with Gasteiger partial charge in [0.05, 0.1) is 29.8 Å². The number of nitrogens with zero attached hydrogens (tertiary/aromatic N) is 5. The van der Waals surface area contributed by atoms with Crippen LogP contribution in [-0.4, -0.2) is 37.7 Å². The van der Waals surface area contributed by atoms with Crippen LogP contribution in [0.1, 0.15) is 21.6 Å². The molecule has 0 unspecified atom stereocenters. The maximum absolute atomic E-state index is 14.2. The van der Waals surface area contributed by atoms with Crippen LogP contribution >= 0.6 is 0 Å². The maximum atomic E-state index is 14.2. The molecule has 9 heteroatoms. The molecule has 0 atom stereocenters. The van der Waals surface area contributed by atoms with Crippen molar-refractivity contribution in [1.82, 2.24) is 30.0 Å². The molecular weight excluding hydrogens is 399 g/mol. The van der Waals surface area contributed by atoms with Crippen LogP contribution in [0.2, 0.25) is 0 Å². The van der Waals surface area contributed by atoms with Gasteiger partial charge in [0.2, 0.25) is 0 Å². The summed E-state index contributed by atoms with van der Waals surface area (Å²) < 4.78 is 20.9. The molecule has 31 heavy (non-hydrogen) atoms. The zero-order valence-corrected chi connectivity index (χ0v) is 16.7. The molecule has 3 aromatic heterocycles. The molecule has 156 valence electrons. The average Bonchev–Trinajstić information content (AvgIpc) is 3.22. The van der Waals surface area contributed by atoms with Crippen LogP contribution in [0.5, 0.6) is 0 Å². The molecule has 0 saturated carbocycles. The Morgan fingerprint density at radius 1 is 1.13 bits per heavy atom. The van der Waals surface area contributed by atoms with Gasteiger partial charge in [-0.05, 0) is 29.8 Å². The van der Waals surface area contributed by atoms with Gasteiger partial charge >= 0.3 is 0 Å². The minimum absolute atomic E-state index is 0.114. The van der Waals surface area contributed by atoms with E-state index in [0.29, 0.717) is 29.1 Å². The molecule has 0 aliphatic rings. The molecule has 0 bridgehead atoms. The Morgan fingerprint density at radius 2 is 2.00 bits per heavy atom. The number of aromatic nitrogens is 5. The van der Waals surface area contributed by atoms with Gasteiger partial charge in [-0.2, -0.15) is 9.78 Å². The smallest absolute Gasteiger partial charge is 0.255 e. The number of rotatable bonds is 7. The van der Waals surface area contributed by atoms with Crippen molar-refractivity contribution >= 4 is 5.91 Å². The number of carbonyl (C=O) groups excluding carboxylic acids is 1. The third-order valence-electron chi connectivity index (χ3n) is 4.55. The molecule has 3 heterocycles. The van der Waals surface area contributed by atoms with Crippen LogP contribution in [0.25, 0.3) is 17.2 Å². The highest BCUT2D eigenvalue weighted by atomic mass is 19.1. The van der Waals surface area contributed by atoms with Crippen molar-refractivity contribution in [2.45, 2.75) is 13.2 Å². The molecule has 0 radical (unpaired) electrons. The average molecular weight is 418 g/mol. The number of benzene rings is 1. The van der Waals surface area contributed by atoms with Gasteiger partial charge in [0.1, 0.15) is 5.82 Å². The molecule has 4 rings (SSSR count). The lowest BCUT2D eigenvalue weighted by molar-refractivity contribution is 0.0945. The first kappa shape index (κ1) is 20.3. The van der Waals surface area contributed by atoms with Crippen LogP contribution in [-0.2, 0) is 17.9 Å². The van der Waals surface area contributed by atoms with E-state index in [0.717, 1.165) is 5.56 Å². The van der Waals surface area contributed by atoms with Crippen molar-refractivity contribution in [1.29, 1.82) is 0 Å². The second-order valence-corrected chi connectivity index (χ2v) is 6.62. The van der Waals surface area contributed by atoms with E-state index in [1.165, 1.54) is 30.3 Å². The number of ether oxygens (including phenoxy) is 1. The number of nitrogens with one attached hydrogen (secondary N) is 1. The third-order valence-corrected chi connectivity index (χ3v) is 4.55. The Labute approximate surface area is 177 Å². The van der Waals surface area contributed by atoms with E-state index >= 15 is 0 Å². The van der Waals surface area contributed by atoms with Gasteiger partial charge in [-0.25, -0.2) is 14.4 Å². The van der Waals surface area contributed by atoms with Gasteiger partial charge in [0, 0.05) is 37.8 Å². The summed E-state index contributed by atoms with van der Waals surface area (Å²) in [6, 6.07) is 11.6. The number of hydrogen-bond donors (Lipinski definition) is 1. The minimum atomic E-state index is -0.389. The van der Waals surface area contributed by atoms with Gasteiger partial charge in [0.25, 0.3) is 11.9 Å². The number of carbonyl (C=O) groups is 1. The number of hydrogen-bond acceptors (Lipinski definition) is 6. The summed E-state index contributed by atoms with van der Waals surface area (Å²) >= 11 is 0. The summed E-state index contributed by atoms with van der Waals surface area (Å²) in [7, 11) is 1.52. The van der Waals surface area contributed by atoms with Crippen LogP contribution in [0, 0.1) is 5.82 Å². The topological polar surface area (TPSA) is 94.8 Å². The Kier molecular flexibility index (Phi) is 6.04. The first-order valence-electron chi connectivity index (χ1n) is 9.48. The highest BCUT2D eigenvalue weighted by molar-refractivity contribution is 5.95. The second kappa shape index (κ2) is 9.23. The van der Waals surface area contributed by atoms with E-state index in [-0.39, 0.29) is 24.3 Å². The first-order chi connectivity index (χ1) is 15.2. The zero-order valence-electron chi connectivity index (χ0n) is 16.7. The standard InChI is InChI=1S/C22H19FN6O2/c1-31-14-20-17(21(30)26-12-15-5-4-9-24-11-15)13-27-29(20)22-25-10-8-19(28-22)16-6-2-3-7-18(16)23/h2-11,13H,12,14H2,1H3,(H,26,30). The highest BCUT2D eigenvalue weighted by Crippen LogP contribution is 2.21. The fourth-order valence-electron chi connectivity index (χ4n) is 3.06. The fraction of sp³-hybridized carbons (Fsp3) is 0.136. The summed E-state index contributed by atoms with van der Waals surface area (Å²) in [5.74, 6) is -0.494. The molecule has 0 spiro atoms. The second-order valence-electron chi connectivity index (χ2n) is 6.62. The van der Waals surface area contributed by atoms with Gasteiger partial charge in [-0.1, -0.05) is 18.2 Å². The third kappa shape index (κ3) is 4.46. The summed E-state index contributed by atoms with van der Waals surface area (Å²) in [5.41, 5.74) is 2.45. The molecule has 0 saturated heterocycles. The summed E-state index contributed by atoms with van der Waals surface area (Å²) in [4.78, 5) is 25.5. The minimum Gasteiger partial charge on any atom is -0.378 e. The Bertz CT molecular complexity index is 1200. The van der Waals surface area contributed by atoms with Gasteiger partial charge in [-0.3, -0.25) is 9.78 Å². The molecular formula is C22H19FN6O2.